The van der Waals surface area contributed by atoms with Crippen molar-refractivity contribution in [1.29, 1.82) is 0 Å². The second-order valence-electron chi connectivity index (χ2n) is 4.29. The third-order valence-corrected chi connectivity index (χ3v) is 3.09. The number of hydrogen-bond donors (Lipinski definition) is 0. The molecule has 92 valence electrons. The Kier molecular flexibility index (Phi) is 3.71. The summed E-state index contributed by atoms with van der Waals surface area (Å²) in [5, 5.41) is 0. The van der Waals surface area contributed by atoms with Crippen LogP contribution in [0.15, 0.2) is 18.2 Å². The quantitative estimate of drug-likeness (QED) is 0.808. The lowest BCUT2D eigenvalue weighted by molar-refractivity contribution is -0.124. The third kappa shape index (κ3) is 2.81. The van der Waals surface area contributed by atoms with Gasteiger partial charge in [-0.1, -0.05) is 18.9 Å². The van der Waals surface area contributed by atoms with Crippen LogP contribution in [0.25, 0.3) is 0 Å². The van der Waals surface area contributed by atoms with Crippen molar-refractivity contribution in [2.45, 2.75) is 25.7 Å². The number of rotatable bonds is 4. The third-order valence-electron chi connectivity index (χ3n) is 3.09. The average Bonchev–Trinajstić information content (AvgIpc) is 2.81. The first-order valence-electron chi connectivity index (χ1n) is 5.78. The SMILES string of the molecule is O=C(COc1c(F)cccc1F)C1CCCC1. The number of carbonyl (C=O) groups is 1. The predicted molar refractivity (Wildman–Crippen MR) is 58.8 cm³/mol. The smallest absolute Gasteiger partial charge is 0.191 e. The van der Waals surface area contributed by atoms with E-state index in [0.29, 0.717) is 0 Å². The molecule has 0 spiro atoms. The number of Topliss-reactive ketones (excluding diaryl/α,β-unsaturated/α-hetero) is 1. The summed E-state index contributed by atoms with van der Waals surface area (Å²) >= 11 is 0. The molecule has 0 N–H and O–H groups in total. The molecule has 1 saturated carbocycles. The highest BCUT2D eigenvalue weighted by atomic mass is 19.1. The van der Waals surface area contributed by atoms with Gasteiger partial charge in [0.05, 0.1) is 0 Å². The Morgan fingerprint density at radius 1 is 1.24 bits per heavy atom. The summed E-state index contributed by atoms with van der Waals surface area (Å²) in [6, 6.07) is 3.48. The Morgan fingerprint density at radius 2 is 1.82 bits per heavy atom. The molecule has 1 aliphatic rings. The van der Waals surface area contributed by atoms with Crippen molar-refractivity contribution < 1.29 is 18.3 Å². The van der Waals surface area contributed by atoms with Crippen LogP contribution < -0.4 is 4.74 Å². The van der Waals surface area contributed by atoms with E-state index < -0.39 is 17.4 Å². The van der Waals surface area contributed by atoms with Gasteiger partial charge in [-0.25, -0.2) is 8.78 Å². The lowest BCUT2D eigenvalue weighted by atomic mass is 10.0. The number of benzene rings is 1. The molecule has 2 nitrogen and oxygen atoms in total. The second kappa shape index (κ2) is 5.25. The number of carbonyl (C=O) groups excluding carboxylic acids is 1. The molecule has 2 rings (SSSR count). The average molecular weight is 240 g/mol. The molecule has 1 aromatic carbocycles. The van der Waals surface area contributed by atoms with Crippen LogP contribution in [0.3, 0.4) is 0 Å². The van der Waals surface area contributed by atoms with Gasteiger partial charge in [0.25, 0.3) is 0 Å². The van der Waals surface area contributed by atoms with Gasteiger partial charge in [-0.3, -0.25) is 4.79 Å². The standard InChI is InChI=1S/C13H14F2O2/c14-10-6-3-7-11(15)13(10)17-8-12(16)9-4-1-2-5-9/h3,6-7,9H,1-2,4-5,8H2. The number of ketones is 1. The van der Waals surface area contributed by atoms with Crippen LogP contribution in [0.2, 0.25) is 0 Å². The van der Waals surface area contributed by atoms with E-state index in [1.165, 1.54) is 6.07 Å². The largest absolute Gasteiger partial charge is 0.480 e. The normalized spacial score (nSPS) is 16.1. The van der Waals surface area contributed by atoms with E-state index in [9.17, 15) is 13.6 Å². The molecular formula is C13H14F2O2. The Balaban J connectivity index is 1.95. The fourth-order valence-electron chi connectivity index (χ4n) is 2.13. The minimum atomic E-state index is -0.774. The maximum absolute atomic E-state index is 13.2. The van der Waals surface area contributed by atoms with Crippen LogP contribution in [-0.4, -0.2) is 12.4 Å². The molecule has 17 heavy (non-hydrogen) atoms. The fourth-order valence-corrected chi connectivity index (χ4v) is 2.13. The minimum absolute atomic E-state index is 0.00448. The molecule has 0 aromatic heterocycles. The summed E-state index contributed by atoms with van der Waals surface area (Å²) < 4.78 is 31.3. The van der Waals surface area contributed by atoms with E-state index in [-0.39, 0.29) is 18.3 Å². The van der Waals surface area contributed by atoms with Crippen LogP contribution in [-0.2, 0) is 4.79 Å². The highest BCUT2D eigenvalue weighted by Gasteiger charge is 2.23. The first-order chi connectivity index (χ1) is 8.18. The van der Waals surface area contributed by atoms with E-state index in [1.54, 1.807) is 0 Å². The molecule has 0 atom stereocenters. The van der Waals surface area contributed by atoms with Gasteiger partial charge >= 0.3 is 0 Å². The number of hydrogen-bond acceptors (Lipinski definition) is 2. The van der Waals surface area contributed by atoms with Crippen LogP contribution in [0.5, 0.6) is 5.75 Å². The van der Waals surface area contributed by atoms with Crippen LogP contribution >= 0.6 is 0 Å². The molecule has 4 heteroatoms. The number of para-hydroxylation sites is 1. The van der Waals surface area contributed by atoms with Crippen molar-refractivity contribution in [3.05, 3.63) is 29.8 Å². The highest BCUT2D eigenvalue weighted by Crippen LogP contribution is 2.26. The maximum Gasteiger partial charge on any atom is 0.191 e. The Hall–Kier alpha value is -1.45. The van der Waals surface area contributed by atoms with Gasteiger partial charge in [-0.2, -0.15) is 0 Å². The van der Waals surface area contributed by atoms with Crippen molar-refractivity contribution in [3.63, 3.8) is 0 Å². The van der Waals surface area contributed by atoms with Crippen molar-refractivity contribution in [1.82, 2.24) is 0 Å². The van der Waals surface area contributed by atoms with Gasteiger partial charge in [0, 0.05) is 5.92 Å². The van der Waals surface area contributed by atoms with Gasteiger partial charge in [-0.05, 0) is 25.0 Å². The zero-order valence-electron chi connectivity index (χ0n) is 9.42. The zero-order valence-corrected chi connectivity index (χ0v) is 9.42. The summed E-state index contributed by atoms with van der Waals surface area (Å²) in [5.74, 6) is -2.07. The van der Waals surface area contributed by atoms with Gasteiger partial charge in [0.2, 0.25) is 0 Å². The lowest BCUT2D eigenvalue weighted by Gasteiger charge is -2.10. The lowest BCUT2D eigenvalue weighted by Crippen LogP contribution is -2.19. The van der Waals surface area contributed by atoms with Gasteiger partial charge in [-0.15, -0.1) is 0 Å². The monoisotopic (exact) mass is 240 g/mol. The van der Waals surface area contributed by atoms with Gasteiger partial charge < -0.3 is 4.74 Å². The molecule has 1 fully saturated rings. The second-order valence-corrected chi connectivity index (χ2v) is 4.29. The molecule has 0 amide bonds. The topological polar surface area (TPSA) is 26.3 Å². The summed E-state index contributed by atoms with van der Waals surface area (Å²) in [4.78, 5) is 11.7. The van der Waals surface area contributed by atoms with E-state index in [0.717, 1.165) is 37.8 Å². The van der Waals surface area contributed by atoms with Gasteiger partial charge in [0.1, 0.15) is 6.61 Å². The number of halogens is 2. The Labute approximate surface area is 98.6 Å². The fraction of sp³-hybridized carbons (Fsp3) is 0.462. The molecule has 1 aliphatic carbocycles. The van der Waals surface area contributed by atoms with Crippen molar-refractivity contribution in [2.75, 3.05) is 6.61 Å². The summed E-state index contributed by atoms with van der Waals surface area (Å²) in [7, 11) is 0. The molecule has 0 radical (unpaired) electrons. The van der Waals surface area contributed by atoms with E-state index >= 15 is 0 Å². The highest BCUT2D eigenvalue weighted by molar-refractivity contribution is 5.82. The molecule has 0 saturated heterocycles. The molecule has 1 aromatic rings. The van der Waals surface area contributed by atoms with Crippen LogP contribution in [0.4, 0.5) is 8.78 Å². The Morgan fingerprint density at radius 3 is 2.41 bits per heavy atom. The summed E-state index contributed by atoms with van der Waals surface area (Å²) in [6.45, 7) is -0.248. The summed E-state index contributed by atoms with van der Waals surface area (Å²) in [6.07, 6.45) is 3.82. The first kappa shape index (κ1) is 12.0. The van der Waals surface area contributed by atoms with Crippen molar-refractivity contribution in [2.24, 2.45) is 5.92 Å². The summed E-state index contributed by atoms with van der Waals surface area (Å²) in [5.41, 5.74) is 0. The number of ether oxygens (including phenoxy) is 1. The molecule has 0 bridgehead atoms. The van der Waals surface area contributed by atoms with E-state index in [1.807, 2.05) is 0 Å². The van der Waals surface area contributed by atoms with Crippen molar-refractivity contribution >= 4 is 5.78 Å². The Bertz CT molecular complexity index is 392. The molecular weight excluding hydrogens is 226 g/mol. The zero-order chi connectivity index (χ0) is 12.3. The minimum Gasteiger partial charge on any atom is -0.480 e. The van der Waals surface area contributed by atoms with Crippen LogP contribution in [0.1, 0.15) is 25.7 Å². The predicted octanol–water partition coefficient (Wildman–Crippen LogP) is 3.10. The molecule has 0 heterocycles. The first-order valence-corrected chi connectivity index (χ1v) is 5.78. The maximum atomic E-state index is 13.2. The van der Waals surface area contributed by atoms with Crippen molar-refractivity contribution in [3.8, 4) is 5.75 Å². The van der Waals surface area contributed by atoms with E-state index in [4.69, 9.17) is 4.74 Å². The molecule has 0 unspecified atom stereocenters. The van der Waals surface area contributed by atoms with Crippen LogP contribution in [0, 0.1) is 17.6 Å². The van der Waals surface area contributed by atoms with Gasteiger partial charge in [0.15, 0.2) is 23.2 Å². The van der Waals surface area contributed by atoms with E-state index in [2.05, 4.69) is 0 Å². The molecule has 0 aliphatic heterocycles.